The number of carbonyl (C=O) groups excluding carboxylic acids is 1. The van der Waals surface area contributed by atoms with Gasteiger partial charge in [0.05, 0.1) is 18.3 Å². The Labute approximate surface area is 236 Å². The predicted molar refractivity (Wildman–Crippen MR) is 153 cm³/mol. The molecule has 12 heteroatoms. The van der Waals surface area contributed by atoms with Crippen molar-refractivity contribution < 1.29 is 9.53 Å². The summed E-state index contributed by atoms with van der Waals surface area (Å²) in [7, 11) is 1.90. The van der Waals surface area contributed by atoms with Crippen LogP contribution >= 0.6 is 11.6 Å². The molecule has 0 fully saturated rings. The van der Waals surface area contributed by atoms with Crippen LogP contribution in [0.3, 0.4) is 0 Å². The van der Waals surface area contributed by atoms with Crippen molar-refractivity contribution >= 4 is 34.5 Å². The van der Waals surface area contributed by atoms with Crippen molar-refractivity contribution in [2.45, 2.75) is 59.8 Å². The fraction of sp³-hybridized carbons (Fsp3) is 0.357. The quantitative estimate of drug-likeness (QED) is 0.284. The monoisotopic (exact) mass is 561 g/mol. The minimum Gasteiger partial charge on any atom is -0.358 e. The summed E-state index contributed by atoms with van der Waals surface area (Å²) >= 11 is 6.28. The first-order valence-electron chi connectivity index (χ1n) is 12.9. The number of benzene rings is 1. The molecule has 40 heavy (non-hydrogen) atoms. The Bertz CT molecular complexity index is 1680. The number of pyridine rings is 1. The number of nitrogens with zero attached hydrogens (tertiary/aromatic N) is 7. The summed E-state index contributed by atoms with van der Waals surface area (Å²) < 4.78 is 10.4. The van der Waals surface area contributed by atoms with Crippen LogP contribution in [0.1, 0.15) is 55.0 Å². The zero-order chi connectivity index (χ0) is 28.8. The fourth-order valence-electron chi connectivity index (χ4n) is 4.95. The number of aromatic amines is 1. The van der Waals surface area contributed by atoms with Crippen LogP contribution in [0.5, 0.6) is 0 Å². The van der Waals surface area contributed by atoms with E-state index in [1.165, 1.54) is 0 Å². The highest BCUT2D eigenvalue weighted by Gasteiger charge is 2.34. The first kappa shape index (κ1) is 27.5. The lowest BCUT2D eigenvalue weighted by atomic mass is 9.90. The smallest absolute Gasteiger partial charge is 0.269 e. The van der Waals surface area contributed by atoms with Crippen LogP contribution in [0.25, 0.3) is 22.2 Å². The standard InChI is InChI=1S/C28H32ClN9O2/c1-15-17(3)38(14-18-12-30-37(7)13-18)25-21(15)23(19-8-10-20(29)11-9-19)22(16(2)31-25)24(40-28(4,5)6)26(39)32-27-33-35-36-34-27/h8-13,24H,14H2,1-7H3,(H2,32,33,34,35,36,39)/t24-/m0/s1. The summed E-state index contributed by atoms with van der Waals surface area (Å²) in [5.41, 5.74) is 6.44. The second-order valence-electron chi connectivity index (χ2n) is 10.8. The molecule has 0 unspecified atom stereocenters. The number of hydrogen-bond donors (Lipinski definition) is 2. The second kappa shape index (κ2) is 10.5. The highest BCUT2D eigenvalue weighted by Crippen LogP contribution is 2.42. The molecule has 5 rings (SSSR count). The highest BCUT2D eigenvalue weighted by molar-refractivity contribution is 6.30. The fourth-order valence-corrected chi connectivity index (χ4v) is 5.08. The molecule has 2 N–H and O–H groups in total. The first-order chi connectivity index (χ1) is 18.9. The van der Waals surface area contributed by atoms with Gasteiger partial charge in [-0.1, -0.05) is 28.8 Å². The number of halogens is 1. The van der Waals surface area contributed by atoms with Gasteiger partial charge < -0.3 is 9.30 Å². The van der Waals surface area contributed by atoms with Crippen LogP contribution in [0, 0.1) is 20.8 Å². The number of fused-ring (bicyclic) bond motifs is 1. The van der Waals surface area contributed by atoms with E-state index in [1.54, 1.807) is 4.68 Å². The molecule has 0 aliphatic carbocycles. The summed E-state index contributed by atoms with van der Waals surface area (Å²) in [6.07, 6.45) is 2.83. The maximum absolute atomic E-state index is 13.8. The van der Waals surface area contributed by atoms with Crippen LogP contribution in [0.4, 0.5) is 5.95 Å². The number of hydrogen-bond acceptors (Lipinski definition) is 7. The molecule has 5 aromatic rings. The van der Waals surface area contributed by atoms with Crippen LogP contribution in [-0.4, -0.2) is 51.5 Å². The number of aryl methyl sites for hydroxylation is 3. The molecule has 11 nitrogen and oxygen atoms in total. The van der Waals surface area contributed by atoms with E-state index in [2.05, 4.69) is 49.5 Å². The maximum Gasteiger partial charge on any atom is 0.269 e. The molecule has 208 valence electrons. The Kier molecular flexibility index (Phi) is 7.19. The van der Waals surface area contributed by atoms with Gasteiger partial charge in [-0.2, -0.15) is 10.3 Å². The molecule has 0 bridgehead atoms. The number of amides is 1. The van der Waals surface area contributed by atoms with E-state index in [9.17, 15) is 4.79 Å². The first-order valence-corrected chi connectivity index (χ1v) is 13.3. The van der Waals surface area contributed by atoms with Crippen LogP contribution < -0.4 is 5.32 Å². The van der Waals surface area contributed by atoms with Gasteiger partial charge in [0, 0.05) is 51.7 Å². The van der Waals surface area contributed by atoms with E-state index in [0.29, 0.717) is 22.8 Å². The zero-order valence-corrected chi connectivity index (χ0v) is 24.3. The third-order valence-electron chi connectivity index (χ3n) is 6.77. The molecule has 0 radical (unpaired) electrons. The summed E-state index contributed by atoms with van der Waals surface area (Å²) in [5.74, 6) is -0.373. The molecular weight excluding hydrogens is 530 g/mol. The zero-order valence-electron chi connectivity index (χ0n) is 23.6. The minimum absolute atomic E-state index is 0.0573. The molecule has 1 atom stereocenters. The van der Waals surface area contributed by atoms with Gasteiger partial charge in [0.2, 0.25) is 0 Å². The van der Waals surface area contributed by atoms with Gasteiger partial charge in [-0.15, -0.1) is 5.10 Å². The van der Waals surface area contributed by atoms with Gasteiger partial charge in [0.1, 0.15) is 5.65 Å². The van der Waals surface area contributed by atoms with Gasteiger partial charge in [-0.25, -0.2) is 4.98 Å². The van der Waals surface area contributed by atoms with Crippen LogP contribution in [0.2, 0.25) is 5.02 Å². The van der Waals surface area contributed by atoms with E-state index < -0.39 is 17.6 Å². The SMILES string of the molecule is Cc1nc2c(c(C)c(C)n2Cc2cnn(C)c2)c(-c2ccc(Cl)cc2)c1[C@H](OC(C)(C)C)C(=O)Nc1nn[nH]n1. The third kappa shape index (κ3) is 5.34. The van der Waals surface area contributed by atoms with Crippen molar-refractivity contribution in [2.24, 2.45) is 7.05 Å². The highest BCUT2D eigenvalue weighted by atomic mass is 35.5. The minimum atomic E-state index is -1.03. The topological polar surface area (TPSA) is 128 Å². The lowest BCUT2D eigenvalue weighted by Crippen LogP contribution is -2.32. The molecule has 0 aliphatic heterocycles. The number of tetrazole rings is 1. The number of rotatable bonds is 7. The van der Waals surface area contributed by atoms with E-state index in [-0.39, 0.29) is 5.95 Å². The Morgan fingerprint density at radius 2 is 1.90 bits per heavy atom. The lowest BCUT2D eigenvalue weighted by molar-refractivity contribution is -0.138. The largest absolute Gasteiger partial charge is 0.358 e. The number of nitrogens with one attached hydrogen (secondary N) is 2. The summed E-state index contributed by atoms with van der Waals surface area (Å²) in [5, 5.41) is 22.3. The van der Waals surface area contributed by atoms with Crippen molar-refractivity contribution in [1.29, 1.82) is 0 Å². The van der Waals surface area contributed by atoms with Crippen molar-refractivity contribution in [2.75, 3.05) is 5.32 Å². The van der Waals surface area contributed by atoms with Crippen molar-refractivity contribution in [3.05, 3.63) is 69.8 Å². The Morgan fingerprint density at radius 1 is 1.18 bits per heavy atom. The van der Waals surface area contributed by atoms with E-state index >= 15 is 0 Å². The number of H-pyrrole nitrogens is 1. The molecule has 1 aromatic carbocycles. The average Bonchev–Trinajstić information content (AvgIpc) is 3.60. The van der Waals surface area contributed by atoms with Crippen molar-refractivity contribution in [3.8, 4) is 11.1 Å². The number of carbonyl (C=O) groups is 1. The molecule has 0 saturated heterocycles. The number of aromatic nitrogens is 8. The van der Waals surface area contributed by atoms with Crippen molar-refractivity contribution in [1.82, 2.24) is 40.0 Å². The molecule has 1 amide bonds. The predicted octanol–water partition coefficient (Wildman–Crippen LogP) is 5.07. The Hall–Kier alpha value is -4.09. The number of ether oxygens (including phenoxy) is 1. The van der Waals surface area contributed by atoms with Crippen LogP contribution in [0.15, 0.2) is 36.7 Å². The normalized spacial score (nSPS) is 12.7. The van der Waals surface area contributed by atoms with Crippen LogP contribution in [-0.2, 0) is 23.1 Å². The molecular formula is C28H32ClN9O2. The van der Waals surface area contributed by atoms with Gasteiger partial charge >= 0.3 is 0 Å². The van der Waals surface area contributed by atoms with E-state index in [1.807, 2.05) is 71.4 Å². The number of anilines is 1. The molecule has 4 aromatic heterocycles. The van der Waals surface area contributed by atoms with E-state index in [0.717, 1.165) is 39.0 Å². The summed E-state index contributed by atoms with van der Waals surface area (Å²) in [6, 6.07) is 7.60. The Morgan fingerprint density at radius 3 is 2.50 bits per heavy atom. The van der Waals surface area contributed by atoms with Gasteiger partial charge in [0.25, 0.3) is 11.9 Å². The second-order valence-corrected chi connectivity index (χ2v) is 11.3. The third-order valence-corrected chi connectivity index (χ3v) is 7.02. The van der Waals surface area contributed by atoms with Crippen molar-refractivity contribution in [3.63, 3.8) is 0 Å². The molecule has 0 saturated carbocycles. The summed E-state index contributed by atoms with van der Waals surface area (Å²) in [4.78, 5) is 18.9. The van der Waals surface area contributed by atoms with E-state index in [4.69, 9.17) is 21.3 Å². The maximum atomic E-state index is 13.8. The molecule has 4 heterocycles. The van der Waals surface area contributed by atoms with Gasteiger partial charge in [-0.05, 0) is 70.0 Å². The average molecular weight is 562 g/mol. The molecule has 0 spiro atoms. The lowest BCUT2D eigenvalue weighted by Gasteiger charge is -2.29. The van der Waals surface area contributed by atoms with Gasteiger partial charge in [-0.3, -0.25) is 14.8 Å². The Balaban J connectivity index is 1.79. The summed E-state index contributed by atoms with van der Waals surface area (Å²) in [6.45, 7) is 12.4. The van der Waals surface area contributed by atoms with Gasteiger partial charge in [0.15, 0.2) is 6.10 Å². The molecule has 0 aliphatic rings.